The van der Waals surface area contributed by atoms with Crippen LogP contribution in [0.5, 0.6) is 0 Å². The number of nitrogens with one attached hydrogen (secondary N) is 1. The Balaban J connectivity index is 2.14. The van der Waals surface area contributed by atoms with Gasteiger partial charge in [-0.15, -0.1) is 0 Å². The number of rotatable bonds is 4. The highest BCUT2D eigenvalue weighted by Crippen LogP contribution is 2.33. The summed E-state index contributed by atoms with van der Waals surface area (Å²) in [6, 6.07) is -0.492. The van der Waals surface area contributed by atoms with Crippen LogP contribution >= 0.6 is 0 Å². The molecule has 2 rings (SSSR count). The second-order valence-corrected chi connectivity index (χ2v) is 6.44. The van der Waals surface area contributed by atoms with Crippen LogP contribution in [-0.2, 0) is 9.59 Å². The van der Waals surface area contributed by atoms with Gasteiger partial charge >= 0.3 is 6.03 Å². The number of hydrogen-bond donors (Lipinski definition) is 2. The van der Waals surface area contributed by atoms with Crippen LogP contribution in [-0.4, -0.2) is 58.9 Å². The molecule has 2 aliphatic rings. The van der Waals surface area contributed by atoms with Crippen molar-refractivity contribution in [3.05, 3.63) is 0 Å². The molecule has 7 heteroatoms. The molecule has 0 aliphatic carbocycles. The smallest absolute Gasteiger partial charge is 0.325 e. The molecule has 7 nitrogen and oxygen atoms in total. The standard InChI is InChI=1S/C14H24N4O3/c1-9(2)18-12(20)14(3,16-13(18)21)10-5-4-6-17(7-10)8-11(15)19/h9-10H,4-8H2,1-3H3,(H2,15,19)(H,16,21)/t10-,14-/m1/s1. The van der Waals surface area contributed by atoms with E-state index in [1.165, 1.54) is 4.90 Å². The maximum atomic E-state index is 12.6. The van der Waals surface area contributed by atoms with Crippen LogP contribution in [0.25, 0.3) is 0 Å². The lowest BCUT2D eigenvalue weighted by molar-refractivity contribution is -0.134. The molecule has 3 N–H and O–H groups in total. The summed E-state index contributed by atoms with van der Waals surface area (Å²) in [4.78, 5) is 39.0. The monoisotopic (exact) mass is 296 g/mol. The summed E-state index contributed by atoms with van der Waals surface area (Å²) in [6.07, 6.45) is 1.74. The fourth-order valence-corrected chi connectivity index (χ4v) is 3.31. The highest BCUT2D eigenvalue weighted by molar-refractivity contribution is 6.07. The minimum Gasteiger partial charge on any atom is -0.369 e. The zero-order valence-corrected chi connectivity index (χ0v) is 12.9. The lowest BCUT2D eigenvalue weighted by Gasteiger charge is -2.39. The molecule has 0 aromatic heterocycles. The van der Waals surface area contributed by atoms with Crippen LogP contribution in [0.2, 0.25) is 0 Å². The molecular formula is C14H24N4O3. The fraction of sp³-hybridized carbons (Fsp3) is 0.786. The van der Waals surface area contributed by atoms with Gasteiger partial charge in [-0.25, -0.2) is 4.79 Å². The molecule has 2 aliphatic heterocycles. The SMILES string of the molecule is CC(C)N1C(=O)N[C@](C)([C@@H]2CCCN(CC(N)=O)C2)C1=O. The van der Waals surface area contributed by atoms with Gasteiger partial charge in [0.05, 0.1) is 6.54 Å². The maximum absolute atomic E-state index is 12.6. The number of piperidine rings is 1. The molecule has 4 amide bonds. The Hall–Kier alpha value is -1.63. The number of amides is 4. The summed E-state index contributed by atoms with van der Waals surface area (Å²) >= 11 is 0. The van der Waals surface area contributed by atoms with Gasteiger partial charge in [0.25, 0.3) is 5.91 Å². The first-order chi connectivity index (χ1) is 9.75. The van der Waals surface area contributed by atoms with E-state index in [1.54, 1.807) is 6.92 Å². The summed E-state index contributed by atoms with van der Waals surface area (Å²) < 4.78 is 0. The van der Waals surface area contributed by atoms with Crippen molar-refractivity contribution in [2.75, 3.05) is 19.6 Å². The number of likely N-dealkylation sites (tertiary alicyclic amines) is 1. The molecule has 0 spiro atoms. The van der Waals surface area contributed by atoms with Gasteiger partial charge in [-0.05, 0) is 40.2 Å². The van der Waals surface area contributed by atoms with E-state index in [0.29, 0.717) is 6.54 Å². The lowest BCUT2D eigenvalue weighted by atomic mass is 9.80. The third-order valence-electron chi connectivity index (χ3n) is 4.47. The summed E-state index contributed by atoms with van der Waals surface area (Å²) in [5.41, 5.74) is 4.35. The number of urea groups is 1. The second kappa shape index (κ2) is 5.63. The van der Waals surface area contributed by atoms with Gasteiger partial charge in [-0.1, -0.05) is 0 Å². The van der Waals surface area contributed by atoms with Gasteiger partial charge in [-0.2, -0.15) is 0 Å². The molecule has 2 heterocycles. The van der Waals surface area contributed by atoms with Gasteiger partial charge in [0.1, 0.15) is 5.54 Å². The summed E-state index contributed by atoms with van der Waals surface area (Å²) in [5, 5.41) is 2.85. The maximum Gasteiger partial charge on any atom is 0.325 e. The number of carbonyl (C=O) groups is 3. The molecule has 0 bridgehead atoms. The number of hydrogen-bond acceptors (Lipinski definition) is 4. The Morgan fingerprint density at radius 2 is 2.14 bits per heavy atom. The van der Waals surface area contributed by atoms with Crippen LogP contribution in [0.4, 0.5) is 4.79 Å². The largest absolute Gasteiger partial charge is 0.369 e. The normalized spacial score (nSPS) is 30.9. The van der Waals surface area contributed by atoms with Crippen molar-refractivity contribution >= 4 is 17.8 Å². The number of primary amides is 1. The Bertz CT molecular complexity index is 465. The fourth-order valence-electron chi connectivity index (χ4n) is 3.31. The molecule has 118 valence electrons. The molecule has 0 saturated carbocycles. The van der Waals surface area contributed by atoms with Crippen molar-refractivity contribution in [3.63, 3.8) is 0 Å². The van der Waals surface area contributed by atoms with E-state index in [-0.39, 0.29) is 36.3 Å². The first-order valence-corrected chi connectivity index (χ1v) is 7.42. The van der Waals surface area contributed by atoms with Gasteiger partial charge in [0, 0.05) is 18.5 Å². The molecule has 21 heavy (non-hydrogen) atoms. The molecule has 0 aromatic carbocycles. The minimum absolute atomic E-state index is 0.00852. The molecule has 0 aromatic rings. The van der Waals surface area contributed by atoms with Crippen molar-refractivity contribution in [3.8, 4) is 0 Å². The van der Waals surface area contributed by atoms with Crippen LogP contribution in [0.15, 0.2) is 0 Å². The van der Waals surface area contributed by atoms with Gasteiger partial charge in [-0.3, -0.25) is 19.4 Å². The highest BCUT2D eigenvalue weighted by atomic mass is 16.2. The topological polar surface area (TPSA) is 95.7 Å². The number of nitrogens with two attached hydrogens (primary N) is 1. The zero-order valence-electron chi connectivity index (χ0n) is 12.9. The molecule has 2 fully saturated rings. The molecule has 2 saturated heterocycles. The number of nitrogens with zero attached hydrogens (tertiary/aromatic N) is 2. The first kappa shape index (κ1) is 15.8. The Morgan fingerprint density at radius 1 is 1.48 bits per heavy atom. The van der Waals surface area contributed by atoms with E-state index in [4.69, 9.17) is 5.73 Å². The molecule has 0 unspecified atom stereocenters. The first-order valence-electron chi connectivity index (χ1n) is 7.42. The van der Waals surface area contributed by atoms with Crippen molar-refractivity contribution in [2.24, 2.45) is 11.7 Å². The van der Waals surface area contributed by atoms with Gasteiger partial charge in [0.15, 0.2) is 0 Å². The van der Waals surface area contributed by atoms with E-state index in [9.17, 15) is 14.4 Å². The quantitative estimate of drug-likeness (QED) is 0.708. The Labute approximate surface area is 124 Å². The third kappa shape index (κ3) is 2.88. The minimum atomic E-state index is -0.891. The lowest BCUT2D eigenvalue weighted by Crippen LogP contribution is -2.56. The van der Waals surface area contributed by atoms with E-state index < -0.39 is 5.54 Å². The average Bonchev–Trinajstić information content (AvgIpc) is 2.60. The average molecular weight is 296 g/mol. The molecular weight excluding hydrogens is 272 g/mol. The van der Waals surface area contributed by atoms with Crippen molar-refractivity contribution < 1.29 is 14.4 Å². The molecule has 0 radical (unpaired) electrons. The predicted octanol–water partition coefficient (Wildman–Crippen LogP) is -0.0974. The predicted molar refractivity (Wildman–Crippen MR) is 77.3 cm³/mol. The van der Waals surface area contributed by atoms with Gasteiger partial charge < -0.3 is 11.1 Å². The van der Waals surface area contributed by atoms with E-state index in [2.05, 4.69) is 5.32 Å². The van der Waals surface area contributed by atoms with Crippen molar-refractivity contribution in [2.45, 2.75) is 45.2 Å². The molecule has 2 atom stereocenters. The summed E-state index contributed by atoms with van der Waals surface area (Å²) in [6.45, 7) is 7.02. The second-order valence-electron chi connectivity index (χ2n) is 6.44. The van der Waals surface area contributed by atoms with Crippen LogP contribution < -0.4 is 11.1 Å². The van der Waals surface area contributed by atoms with E-state index >= 15 is 0 Å². The van der Waals surface area contributed by atoms with Crippen molar-refractivity contribution in [1.82, 2.24) is 15.1 Å². The van der Waals surface area contributed by atoms with E-state index in [1.807, 2.05) is 18.7 Å². The van der Waals surface area contributed by atoms with Crippen LogP contribution in [0.3, 0.4) is 0 Å². The Morgan fingerprint density at radius 3 is 2.67 bits per heavy atom. The third-order valence-corrected chi connectivity index (χ3v) is 4.47. The Kier molecular flexibility index (Phi) is 4.22. The summed E-state index contributed by atoms with van der Waals surface area (Å²) in [7, 11) is 0. The van der Waals surface area contributed by atoms with Crippen molar-refractivity contribution in [1.29, 1.82) is 0 Å². The summed E-state index contributed by atoms with van der Waals surface area (Å²) in [5.74, 6) is -0.550. The highest BCUT2D eigenvalue weighted by Gasteiger charge is 2.53. The number of carbonyl (C=O) groups excluding carboxylic acids is 3. The number of imide groups is 1. The zero-order chi connectivity index (χ0) is 15.8. The van der Waals surface area contributed by atoms with E-state index in [0.717, 1.165) is 19.4 Å². The van der Waals surface area contributed by atoms with Gasteiger partial charge in [0.2, 0.25) is 5.91 Å². The van der Waals surface area contributed by atoms with Crippen LogP contribution in [0.1, 0.15) is 33.6 Å². The van der Waals surface area contributed by atoms with Crippen LogP contribution in [0, 0.1) is 5.92 Å².